The van der Waals surface area contributed by atoms with Gasteiger partial charge in [0.15, 0.2) is 0 Å². The van der Waals surface area contributed by atoms with Gasteiger partial charge in [-0.15, -0.1) is 0 Å². The van der Waals surface area contributed by atoms with Gasteiger partial charge in [0, 0.05) is 36.9 Å². The molecule has 0 spiro atoms. The van der Waals surface area contributed by atoms with Gasteiger partial charge in [0.25, 0.3) is 0 Å². The third kappa shape index (κ3) is 3.51. The number of nitrogens with zero attached hydrogens (tertiary/aromatic N) is 4. The minimum absolute atomic E-state index is 0.0105. The largest absolute Gasteiger partial charge is 0.344 e. The lowest BCUT2D eigenvalue weighted by atomic mass is 10.0. The molecular formula is C20H25ClN4O. The molecular weight excluding hydrogens is 348 g/mol. The molecule has 5 nitrogen and oxygen atoms in total. The van der Waals surface area contributed by atoms with E-state index in [0.29, 0.717) is 17.9 Å². The van der Waals surface area contributed by atoms with Crippen LogP contribution in [0.15, 0.2) is 36.7 Å². The predicted molar refractivity (Wildman–Crippen MR) is 102 cm³/mol. The fourth-order valence-electron chi connectivity index (χ4n) is 4.50. The van der Waals surface area contributed by atoms with Gasteiger partial charge in [-0.1, -0.05) is 23.7 Å². The van der Waals surface area contributed by atoms with Crippen LogP contribution in [-0.2, 0) is 6.54 Å². The van der Waals surface area contributed by atoms with Gasteiger partial charge in [-0.05, 0) is 61.9 Å². The maximum absolute atomic E-state index is 12.6. The summed E-state index contributed by atoms with van der Waals surface area (Å²) < 4.78 is 1.47. The summed E-state index contributed by atoms with van der Waals surface area (Å²) in [5, 5.41) is 4.95. The molecule has 1 aromatic carbocycles. The second kappa shape index (κ2) is 7.05. The smallest absolute Gasteiger partial charge is 0.322 e. The summed E-state index contributed by atoms with van der Waals surface area (Å²) in [7, 11) is 2.20. The van der Waals surface area contributed by atoms with E-state index in [1.165, 1.54) is 10.2 Å². The Morgan fingerprint density at radius 2 is 2.04 bits per heavy atom. The van der Waals surface area contributed by atoms with Crippen LogP contribution in [0.2, 0.25) is 5.02 Å². The van der Waals surface area contributed by atoms with Gasteiger partial charge in [0.1, 0.15) is 0 Å². The number of fused-ring (bicyclic) bond motifs is 1. The number of carbonyl (C=O) groups excluding carboxylic acids is 1. The van der Waals surface area contributed by atoms with Crippen molar-refractivity contribution in [3.8, 4) is 0 Å². The first-order valence-corrected chi connectivity index (χ1v) is 9.62. The molecule has 1 saturated heterocycles. The predicted octanol–water partition coefficient (Wildman–Crippen LogP) is 3.66. The summed E-state index contributed by atoms with van der Waals surface area (Å²) in [6, 6.07) is 8.68. The molecule has 2 fully saturated rings. The van der Waals surface area contributed by atoms with Gasteiger partial charge in [0.2, 0.25) is 0 Å². The van der Waals surface area contributed by atoms with Gasteiger partial charge in [-0.3, -0.25) is 4.90 Å². The van der Waals surface area contributed by atoms with E-state index in [0.717, 1.165) is 43.1 Å². The van der Waals surface area contributed by atoms with Crippen molar-refractivity contribution in [3.63, 3.8) is 0 Å². The summed E-state index contributed by atoms with van der Waals surface area (Å²) in [5.41, 5.74) is 2.27. The van der Waals surface area contributed by atoms with E-state index in [1.807, 2.05) is 30.0 Å². The van der Waals surface area contributed by atoms with E-state index in [9.17, 15) is 4.79 Å². The van der Waals surface area contributed by atoms with Crippen molar-refractivity contribution in [2.45, 2.75) is 32.4 Å². The quantitative estimate of drug-likeness (QED) is 0.825. The lowest BCUT2D eigenvalue weighted by molar-refractivity contribution is 0.192. The summed E-state index contributed by atoms with van der Waals surface area (Å²) in [4.78, 5) is 17.0. The van der Waals surface area contributed by atoms with Crippen molar-refractivity contribution in [1.82, 2.24) is 19.6 Å². The molecule has 2 aromatic rings. The molecule has 26 heavy (non-hydrogen) atoms. The molecule has 3 atom stereocenters. The second-order valence-corrected chi connectivity index (χ2v) is 8.28. The van der Waals surface area contributed by atoms with E-state index in [2.05, 4.69) is 23.1 Å². The fraction of sp³-hybridized carbons (Fsp3) is 0.500. The molecule has 1 amide bonds. The van der Waals surface area contributed by atoms with Crippen molar-refractivity contribution in [2.75, 3.05) is 20.1 Å². The molecule has 2 aliphatic rings. The first kappa shape index (κ1) is 17.6. The van der Waals surface area contributed by atoms with Crippen LogP contribution in [0.5, 0.6) is 0 Å². The zero-order valence-corrected chi connectivity index (χ0v) is 16.1. The van der Waals surface area contributed by atoms with E-state index in [-0.39, 0.29) is 6.03 Å². The number of aryl methyl sites for hydroxylation is 1. The zero-order valence-electron chi connectivity index (χ0n) is 15.3. The Morgan fingerprint density at radius 1 is 1.31 bits per heavy atom. The van der Waals surface area contributed by atoms with Crippen LogP contribution in [-0.4, -0.2) is 51.8 Å². The Labute approximate surface area is 159 Å². The molecule has 0 radical (unpaired) electrons. The number of carbonyl (C=O) groups is 1. The summed E-state index contributed by atoms with van der Waals surface area (Å²) in [6.07, 6.45) is 5.85. The van der Waals surface area contributed by atoms with Crippen LogP contribution < -0.4 is 0 Å². The third-order valence-corrected chi connectivity index (χ3v) is 6.08. The first-order chi connectivity index (χ1) is 12.5. The number of rotatable bonds is 3. The second-order valence-electron chi connectivity index (χ2n) is 7.84. The lowest BCUT2D eigenvalue weighted by Crippen LogP contribution is -2.36. The van der Waals surface area contributed by atoms with Crippen LogP contribution in [0.1, 0.15) is 24.0 Å². The van der Waals surface area contributed by atoms with Gasteiger partial charge in [-0.25, -0.2) is 4.79 Å². The van der Waals surface area contributed by atoms with E-state index < -0.39 is 0 Å². The fourth-order valence-corrected chi connectivity index (χ4v) is 4.71. The molecule has 1 aliphatic heterocycles. The lowest BCUT2D eigenvalue weighted by Gasteiger charge is -2.26. The molecule has 138 valence electrons. The zero-order chi connectivity index (χ0) is 18.3. The standard InChI is InChI=1S/C20H25ClN4O/c1-14-9-22-25(10-14)20(26)24-12-16-7-19(8-17(16)13-24)23(2)11-15-4-3-5-18(21)6-15/h3-6,9-10,16-17,19H,7-8,11-13H2,1-2H3/t16-,17+,19?. The molecule has 0 bridgehead atoms. The van der Waals surface area contributed by atoms with Crippen LogP contribution in [0.4, 0.5) is 4.79 Å². The van der Waals surface area contributed by atoms with Crippen molar-refractivity contribution in [3.05, 3.63) is 52.8 Å². The van der Waals surface area contributed by atoms with Gasteiger partial charge in [-0.2, -0.15) is 9.78 Å². The Bertz CT molecular complexity index is 791. The average Bonchev–Trinajstić information content (AvgIpc) is 3.28. The summed E-state index contributed by atoms with van der Waals surface area (Å²) >= 11 is 6.10. The van der Waals surface area contributed by atoms with Gasteiger partial charge in [0.05, 0.1) is 6.20 Å². The molecule has 1 unspecified atom stereocenters. The maximum atomic E-state index is 12.6. The average molecular weight is 373 g/mol. The SMILES string of the molecule is Cc1cnn(C(=O)N2C[C@H]3CC(N(C)Cc4cccc(Cl)c4)C[C@H]3C2)c1. The normalized spacial score (nSPS) is 25.1. The number of amides is 1. The van der Waals surface area contributed by atoms with Crippen molar-refractivity contribution in [1.29, 1.82) is 0 Å². The monoisotopic (exact) mass is 372 g/mol. The summed E-state index contributed by atoms with van der Waals surface area (Å²) in [5.74, 6) is 1.20. The topological polar surface area (TPSA) is 41.4 Å². The molecule has 2 heterocycles. The minimum atomic E-state index is 0.0105. The van der Waals surface area contributed by atoms with Crippen LogP contribution >= 0.6 is 11.6 Å². The van der Waals surface area contributed by atoms with Crippen molar-refractivity contribution in [2.24, 2.45) is 11.8 Å². The number of likely N-dealkylation sites (tertiary alicyclic amines) is 1. The molecule has 0 N–H and O–H groups in total. The van der Waals surface area contributed by atoms with E-state index >= 15 is 0 Å². The Hall–Kier alpha value is -1.85. The first-order valence-electron chi connectivity index (χ1n) is 9.25. The maximum Gasteiger partial charge on any atom is 0.344 e. The van der Waals surface area contributed by atoms with Crippen LogP contribution in [0.25, 0.3) is 0 Å². The van der Waals surface area contributed by atoms with Crippen LogP contribution in [0, 0.1) is 18.8 Å². The highest BCUT2D eigenvalue weighted by Gasteiger charge is 2.43. The molecule has 4 rings (SSSR count). The number of hydrogen-bond donors (Lipinski definition) is 0. The van der Waals surface area contributed by atoms with E-state index in [4.69, 9.17) is 11.6 Å². The molecule has 1 aliphatic carbocycles. The Balaban J connectivity index is 1.34. The Kier molecular flexibility index (Phi) is 4.76. The summed E-state index contributed by atoms with van der Waals surface area (Å²) in [6.45, 7) is 4.57. The number of halogens is 1. The molecule has 6 heteroatoms. The number of hydrogen-bond acceptors (Lipinski definition) is 3. The highest BCUT2D eigenvalue weighted by Crippen LogP contribution is 2.40. The van der Waals surface area contributed by atoms with Crippen molar-refractivity contribution >= 4 is 17.6 Å². The van der Waals surface area contributed by atoms with Gasteiger partial charge < -0.3 is 4.90 Å². The number of benzene rings is 1. The minimum Gasteiger partial charge on any atom is -0.322 e. The third-order valence-electron chi connectivity index (χ3n) is 5.85. The number of aromatic nitrogens is 2. The van der Waals surface area contributed by atoms with Crippen LogP contribution in [0.3, 0.4) is 0 Å². The highest BCUT2D eigenvalue weighted by molar-refractivity contribution is 6.30. The van der Waals surface area contributed by atoms with E-state index in [1.54, 1.807) is 12.4 Å². The van der Waals surface area contributed by atoms with Gasteiger partial charge >= 0.3 is 6.03 Å². The highest BCUT2D eigenvalue weighted by atomic mass is 35.5. The molecule has 1 aromatic heterocycles. The Morgan fingerprint density at radius 3 is 2.65 bits per heavy atom. The molecule has 1 saturated carbocycles. The van der Waals surface area contributed by atoms with Crippen molar-refractivity contribution < 1.29 is 4.79 Å².